The number of likely N-dealkylation sites (tertiary alicyclic amines) is 1. The monoisotopic (exact) mass is 437 g/mol. The number of carboxylic acids is 1. The number of alkyl halides is 3. The minimum atomic E-state index is -5.07. The molecule has 0 saturated carbocycles. The maximum atomic E-state index is 12.9. The third-order valence-electron chi connectivity index (χ3n) is 5.22. The molecular weight excluding hydrogens is 422 g/mol. The maximum absolute atomic E-state index is 12.9. The zero-order chi connectivity index (χ0) is 20.2. The number of rotatable bonds is 4. The number of hydrogen-bond donors (Lipinski definition) is 1. The molecule has 7 nitrogen and oxygen atoms in total. The number of halogens is 3. The zero-order valence-corrected chi connectivity index (χ0v) is 15.0. The van der Waals surface area contributed by atoms with Crippen LogP contribution in [-0.4, -0.2) is 97.8 Å². The molecule has 3 aliphatic rings. The number of hydrogen-bond acceptors (Lipinski definition) is 5. The number of β-lactam (4-membered cyclic amide) rings is 1. The van der Waals surface area contributed by atoms with Gasteiger partial charge >= 0.3 is 47.6 Å². The van der Waals surface area contributed by atoms with Crippen LogP contribution >= 0.6 is 11.8 Å². The Morgan fingerprint density at radius 2 is 1.93 bits per heavy atom. The van der Waals surface area contributed by atoms with Crippen molar-refractivity contribution in [3.8, 4) is 0 Å². The molecule has 1 N–H and O–H groups in total. The van der Waals surface area contributed by atoms with Gasteiger partial charge in [-0.15, -0.1) is 11.8 Å². The Balaban J connectivity index is 0.00000240. The quantitative estimate of drug-likeness (QED) is 0.427. The number of carbonyl (C=O) groups excluding carboxylic acids is 2. The van der Waals surface area contributed by atoms with Crippen LogP contribution in [0.4, 0.5) is 13.2 Å². The third kappa shape index (κ3) is 3.69. The van der Waals surface area contributed by atoms with E-state index in [4.69, 9.17) is 0 Å². The van der Waals surface area contributed by atoms with Crippen LogP contribution in [-0.2, 0) is 14.4 Å². The number of amides is 2. The average Bonchev–Trinajstić information content (AvgIpc) is 3.00. The molecule has 1 aromatic rings. The first kappa shape index (κ1) is 22.1. The van der Waals surface area contributed by atoms with E-state index in [1.807, 2.05) is 0 Å². The summed E-state index contributed by atoms with van der Waals surface area (Å²) in [4.78, 5) is 42.3. The number of thioether (sulfide) groups is 1. The second-order valence-electron chi connectivity index (χ2n) is 6.79. The van der Waals surface area contributed by atoms with Gasteiger partial charge in [-0.1, -0.05) is 0 Å². The van der Waals surface area contributed by atoms with E-state index in [9.17, 15) is 32.7 Å². The van der Waals surface area contributed by atoms with Crippen molar-refractivity contribution in [1.29, 1.82) is 0 Å². The van der Waals surface area contributed by atoms with E-state index < -0.39 is 42.0 Å². The molecule has 0 radical (unpaired) electrons. The molecule has 0 unspecified atom stereocenters. The summed E-state index contributed by atoms with van der Waals surface area (Å²) in [7, 11) is 0. The minimum absolute atomic E-state index is 0. The van der Waals surface area contributed by atoms with Crippen molar-refractivity contribution >= 4 is 59.1 Å². The zero-order valence-electron chi connectivity index (χ0n) is 14.2. The van der Waals surface area contributed by atoms with Gasteiger partial charge in [0.2, 0.25) is 0 Å². The standard InChI is InChI=1S/C17H14F3N3O4S.Na.H/c18-17(19,20)16(27)22-6-8-5-9(7-28-10-1-3-21-4-2-10)12(15(25)26)23-11(8)13(22)14(23)24;;/h1-4,8,11,13H,5-7H2,(H,25,26);;/t8-,11-,13+;;/m1../s1. The average molecular weight is 437 g/mol. The molecular formula is C17H15F3N3NaO4S. The van der Waals surface area contributed by atoms with Crippen molar-refractivity contribution in [2.24, 2.45) is 5.92 Å². The molecule has 3 atom stereocenters. The van der Waals surface area contributed by atoms with Gasteiger partial charge in [-0.3, -0.25) is 19.5 Å². The van der Waals surface area contributed by atoms with E-state index in [0.29, 0.717) is 10.5 Å². The van der Waals surface area contributed by atoms with Crippen molar-refractivity contribution < 1.29 is 32.7 Å². The number of carboxylic acid groups (broad SMARTS) is 1. The Hall–Kier alpha value is -1.56. The summed E-state index contributed by atoms with van der Waals surface area (Å²) in [5, 5.41) is 9.61. The van der Waals surface area contributed by atoms with Crippen LogP contribution in [0.2, 0.25) is 0 Å². The van der Waals surface area contributed by atoms with Crippen LogP contribution in [0.5, 0.6) is 0 Å². The Bertz CT molecular complexity index is 896. The summed E-state index contributed by atoms with van der Waals surface area (Å²) in [6, 6.07) is 1.56. The van der Waals surface area contributed by atoms with Crippen molar-refractivity contribution in [2.45, 2.75) is 29.6 Å². The van der Waals surface area contributed by atoms with Crippen LogP contribution in [0.3, 0.4) is 0 Å². The fourth-order valence-corrected chi connectivity index (χ4v) is 5.05. The van der Waals surface area contributed by atoms with Gasteiger partial charge in [-0.25, -0.2) is 4.79 Å². The molecule has 0 aromatic carbocycles. The first-order valence-electron chi connectivity index (χ1n) is 8.39. The Morgan fingerprint density at radius 3 is 2.52 bits per heavy atom. The molecule has 2 saturated heterocycles. The summed E-state index contributed by atoms with van der Waals surface area (Å²) >= 11 is 1.35. The van der Waals surface area contributed by atoms with Crippen LogP contribution in [0.1, 0.15) is 6.42 Å². The van der Waals surface area contributed by atoms with Crippen LogP contribution in [0.15, 0.2) is 40.7 Å². The molecule has 0 aliphatic carbocycles. The van der Waals surface area contributed by atoms with E-state index in [0.717, 1.165) is 9.80 Å². The van der Waals surface area contributed by atoms with Gasteiger partial charge in [0, 0.05) is 35.5 Å². The number of aromatic nitrogens is 1. The topological polar surface area (TPSA) is 90.8 Å². The summed E-state index contributed by atoms with van der Waals surface area (Å²) in [5.74, 6) is -4.25. The molecule has 12 heteroatoms. The van der Waals surface area contributed by atoms with Gasteiger partial charge in [0.25, 0.3) is 5.91 Å². The molecule has 4 rings (SSSR count). The fraction of sp³-hybridized carbons (Fsp3) is 0.412. The van der Waals surface area contributed by atoms with Gasteiger partial charge < -0.3 is 10.0 Å². The van der Waals surface area contributed by atoms with Crippen molar-refractivity contribution in [3.05, 3.63) is 35.8 Å². The molecule has 4 heterocycles. The van der Waals surface area contributed by atoms with Crippen molar-refractivity contribution in [3.63, 3.8) is 0 Å². The Kier molecular flexibility index (Phi) is 6.06. The molecule has 2 fully saturated rings. The molecule has 3 aliphatic heterocycles. The van der Waals surface area contributed by atoms with E-state index in [2.05, 4.69) is 4.98 Å². The predicted molar refractivity (Wildman–Crippen MR) is 97.1 cm³/mol. The molecule has 150 valence electrons. The van der Waals surface area contributed by atoms with E-state index in [1.165, 1.54) is 11.8 Å². The number of carbonyl (C=O) groups is 3. The van der Waals surface area contributed by atoms with E-state index in [1.54, 1.807) is 24.5 Å². The molecule has 0 bridgehead atoms. The summed E-state index contributed by atoms with van der Waals surface area (Å²) in [6.07, 6.45) is -1.66. The number of nitrogens with zero attached hydrogens (tertiary/aromatic N) is 3. The van der Waals surface area contributed by atoms with Crippen LogP contribution < -0.4 is 0 Å². The predicted octanol–water partition coefficient (Wildman–Crippen LogP) is 0.868. The van der Waals surface area contributed by atoms with Crippen molar-refractivity contribution in [1.82, 2.24) is 14.8 Å². The molecule has 1 aromatic heterocycles. The summed E-state index contributed by atoms with van der Waals surface area (Å²) < 4.78 is 38.6. The normalized spacial score (nSPS) is 25.3. The van der Waals surface area contributed by atoms with E-state index >= 15 is 0 Å². The number of pyridine rings is 1. The van der Waals surface area contributed by atoms with Gasteiger partial charge in [0.1, 0.15) is 11.7 Å². The number of aliphatic carboxylic acids is 1. The Labute approximate surface area is 189 Å². The molecule has 0 spiro atoms. The molecule has 2 amide bonds. The van der Waals surface area contributed by atoms with Gasteiger partial charge in [-0.05, 0) is 24.1 Å². The SMILES string of the molecule is O=C(O)C1=C(CSc2ccncc2)C[C@@H]2CN(C(=O)C(F)(F)F)[C@@H]3C(=O)N1[C@H]23.[NaH]. The van der Waals surface area contributed by atoms with E-state index in [-0.39, 0.29) is 54.0 Å². The van der Waals surface area contributed by atoms with Gasteiger partial charge in [0.05, 0.1) is 6.04 Å². The second-order valence-corrected chi connectivity index (χ2v) is 7.84. The fourth-order valence-electron chi connectivity index (χ4n) is 4.14. The van der Waals surface area contributed by atoms with Crippen molar-refractivity contribution in [2.75, 3.05) is 12.3 Å². The van der Waals surface area contributed by atoms with Crippen LogP contribution in [0.25, 0.3) is 0 Å². The summed E-state index contributed by atoms with van der Waals surface area (Å²) in [5.41, 5.74) is 0.300. The van der Waals surface area contributed by atoms with Gasteiger partial charge in [-0.2, -0.15) is 13.2 Å². The third-order valence-corrected chi connectivity index (χ3v) is 6.31. The molecule has 29 heavy (non-hydrogen) atoms. The second kappa shape index (κ2) is 7.93. The summed E-state index contributed by atoms with van der Waals surface area (Å²) in [6.45, 7) is -0.216. The first-order chi connectivity index (χ1) is 13.2. The van der Waals surface area contributed by atoms with Crippen LogP contribution in [0, 0.1) is 5.92 Å². The Morgan fingerprint density at radius 1 is 1.28 bits per heavy atom. The van der Waals surface area contributed by atoms with Gasteiger partial charge in [0.15, 0.2) is 0 Å². The first-order valence-corrected chi connectivity index (χ1v) is 9.37.